The molecule has 2 heterocycles. The molecule has 0 unspecified atom stereocenters. The van der Waals surface area contributed by atoms with Gasteiger partial charge in [0.15, 0.2) is 0 Å². The molecule has 1 amide bonds. The quantitative estimate of drug-likeness (QED) is 0.576. The van der Waals surface area contributed by atoms with Gasteiger partial charge in [0.2, 0.25) is 5.56 Å². The summed E-state index contributed by atoms with van der Waals surface area (Å²) in [7, 11) is 0. The molecule has 6 nitrogen and oxygen atoms in total. The molecule has 0 fully saturated rings. The smallest absolute Gasteiger partial charge is 0.252 e. The summed E-state index contributed by atoms with van der Waals surface area (Å²) in [4.78, 5) is 31.8. The van der Waals surface area contributed by atoms with Crippen LogP contribution in [0.1, 0.15) is 22.0 Å². The van der Waals surface area contributed by atoms with E-state index in [1.54, 1.807) is 18.6 Å². The van der Waals surface area contributed by atoms with Crippen LogP contribution in [0.2, 0.25) is 0 Å². The Labute approximate surface area is 155 Å². The monoisotopic (exact) mass is 358 g/mol. The van der Waals surface area contributed by atoms with Gasteiger partial charge in [0, 0.05) is 35.9 Å². The SMILES string of the molecule is O=C(N[C@H](Cn1ccnc1)c1ccccc1)c1cc(=O)[nH]c2ccccc12. The Hall–Kier alpha value is -3.67. The number of aromatic nitrogens is 3. The molecule has 2 aromatic heterocycles. The van der Waals surface area contributed by atoms with Crippen molar-refractivity contribution in [3.8, 4) is 0 Å². The van der Waals surface area contributed by atoms with E-state index in [9.17, 15) is 9.59 Å². The van der Waals surface area contributed by atoms with Crippen molar-refractivity contribution in [3.63, 3.8) is 0 Å². The Bertz CT molecular complexity index is 1120. The summed E-state index contributed by atoms with van der Waals surface area (Å²) in [5.41, 5.74) is 1.68. The Morgan fingerprint density at radius 1 is 1.11 bits per heavy atom. The number of imidazole rings is 1. The first kappa shape index (κ1) is 16.8. The number of H-pyrrole nitrogens is 1. The zero-order valence-electron chi connectivity index (χ0n) is 14.5. The van der Waals surface area contributed by atoms with Crippen LogP contribution in [0, 0.1) is 0 Å². The second kappa shape index (κ2) is 7.29. The molecule has 0 aliphatic rings. The number of benzene rings is 2. The van der Waals surface area contributed by atoms with Gasteiger partial charge in [-0.25, -0.2) is 4.98 Å². The van der Waals surface area contributed by atoms with Gasteiger partial charge in [-0.15, -0.1) is 0 Å². The van der Waals surface area contributed by atoms with Crippen LogP contribution >= 0.6 is 0 Å². The average Bonchev–Trinajstić information content (AvgIpc) is 3.20. The minimum absolute atomic E-state index is 0.258. The predicted molar refractivity (Wildman–Crippen MR) is 103 cm³/mol. The summed E-state index contributed by atoms with van der Waals surface area (Å²) in [6.45, 7) is 0.539. The lowest BCUT2D eigenvalue weighted by Crippen LogP contribution is -2.32. The van der Waals surface area contributed by atoms with Gasteiger partial charge in [0.25, 0.3) is 5.91 Å². The second-order valence-electron chi connectivity index (χ2n) is 6.29. The normalized spacial score (nSPS) is 12.0. The highest BCUT2D eigenvalue weighted by Gasteiger charge is 2.18. The van der Waals surface area contributed by atoms with E-state index in [2.05, 4.69) is 15.3 Å². The minimum Gasteiger partial charge on any atom is -0.343 e. The van der Waals surface area contributed by atoms with Crippen LogP contribution < -0.4 is 10.9 Å². The van der Waals surface area contributed by atoms with Gasteiger partial charge in [0.1, 0.15) is 0 Å². The number of amides is 1. The zero-order valence-corrected chi connectivity index (χ0v) is 14.5. The van der Waals surface area contributed by atoms with E-state index >= 15 is 0 Å². The van der Waals surface area contributed by atoms with E-state index in [4.69, 9.17) is 0 Å². The molecule has 0 spiro atoms. The van der Waals surface area contributed by atoms with E-state index in [1.807, 2.05) is 59.3 Å². The standard InChI is InChI=1S/C21H18N4O2/c26-20-12-17(16-8-4-5-9-18(16)23-20)21(27)24-19(13-25-11-10-22-14-25)15-6-2-1-3-7-15/h1-12,14,19H,13H2,(H,23,26)(H,24,27)/t19-/m1/s1. The van der Waals surface area contributed by atoms with Gasteiger partial charge >= 0.3 is 0 Å². The number of carbonyl (C=O) groups excluding carboxylic acids is 1. The van der Waals surface area contributed by atoms with Crippen molar-refractivity contribution in [3.05, 3.63) is 101 Å². The minimum atomic E-state index is -0.301. The summed E-state index contributed by atoms with van der Waals surface area (Å²) in [6, 6.07) is 18.1. The van der Waals surface area contributed by atoms with Crippen molar-refractivity contribution >= 4 is 16.8 Å². The molecular weight excluding hydrogens is 340 g/mol. The molecule has 4 rings (SSSR count). The molecule has 134 valence electrons. The fraction of sp³-hybridized carbons (Fsp3) is 0.0952. The van der Waals surface area contributed by atoms with Crippen molar-refractivity contribution in [1.82, 2.24) is 19.9 Å². The van der Waals surface area contributed by atoms with E-state index in [1.165, 1.54) is 6.07 Å². The van der Waals surface area contributed by atoms with Gasteiger partial charge in [-0.1, -0.05) is 48.5 Å². The van der Waals surface area contributed by atoms with E-state index < -0.39 is 0 Å². The van der Waals surface area contributed by atoms with Crippen molar-refractivity contribution in [2.45, 2.75) is 12.6 Å². The molecule has 2 aromatic carbocycles. The molecule has 1 atom stereocenters. The molecule has 0 aliphatic carbocycles. The molecule has 2 N–H and O–H groups in total. The summed E-state index contributed by atoms with van der Waals surface area (Å²) in [6.07, 6.45) is 5.27. The number of para-hydroxylation sites is 1. The van der Waals surface area contributed by atoms with Gasteiger partial charge in [0.05, 0.1) is 17.9 Å². The first-order valence-corrected chi connectivity index (χ1v) is 8.64. The number of aromatic amines is 1. The maximum Gasteiger partial charge on any atom is 0.252 e. The van der Waals surface area contributed by atoms with Crippen molar-refractivity contribution in [2.24, 2.45) is 0 Å². The van der Waals surface area contributed by atoms with Gasteiger partial charge < -0.3 is 14.9 Å². The fourth-order valence-corrected chi connectivity index (χ4v) is 3.15. The van der Waals surface area contributed by atoms with Crippen LogP contribution in [0.5, 0.6) is 0 Å². The van der Waals surface area contributed by atoms with Crippen LogP contribution in [-0.4, -0.2) is 20.4 Å². The van der Waals surface area contributed by atoms with Crippen LogP contribution in [0.3, 0.4) is 0 Å². The first-order valence-electron chi connectivity index (χ1n) is 8.64. The Morgan fingerprint density at radius 2 is 1.89 bits per heavy atom. The van der Waals surface area contributed by atoms with Crippen LogP contribution in [0.15, 0.2) is 84.2 Å². The lowest BCUT2D eigenvalue weighted by atomic mass is 10.0. The fourth-order valence-electron chi connectivity index (χ4n) is 3.15. The van der Waals surface area contributed by atoms with Gasteiger partial charge in [-0.2, -0.15) is 0 Å². The molecule has 0 saturated heterocycles. The summed E-state index contributed by atoms with van der Waals surface area (Å²) in [5, 5.41) is 3.78. The van der Waals surface area contributed by atoms with E-state index in [-0.39, 0.29) is 17.5 Å². The number of hydrogen-bond donors (Lipinski definition) is 2. The van der Waals surface area contributed by atoms with Gasteiger partial charge in [-0.3, -0.25) is 9.59 Å². The molecule has 6 heteroatoms. The number of pyridine rings is 1. The second-order valence-corrected chi connectivity index (χ2v) is 6.29. The lowest BCUT2D eigenvalue weighted by Gasteiger charge is -2.20. The average molecular weight is 358 g/mol. The molecule has 27 heavy (non-hydrogen) atoms. The maximum atomic E-state index is 13.0. The molecule has 0 aliphatic heterocycles. The van der Waals surface area contributed by atoms with Crippen LogP contribution in [-0.2, 0) is 6.54 Å². The van der Waals surface area contributed by atoms with Crippen molar-refractivity contribution in [2.75, 3.05) is 0 Å². The van der Waals surface area contributed by atoms with E-state index in [0.29, 0.717) is 23.0 Å². The Balaban J connectivity index is 1.69. The number of fused-ring (bicyclic) bond motifs is 1. The number of hydrogen-bond acceptors (Lipinski definition) is 3. The van der Waals surface area contributed by atoms with Crippen LogP contribution in [0.4, 0.5) is 0 Å². The number of rotatable bonds is 5. The third-order valence-electron chi connectivity index (χ3n) is 4.46. The first-order chi connectivity index (χ1) is 13.2. The van der Waals surface area contributed by atoms with Crippen molar-refractivity contribution in [1.29, 1.82) is 0 Å². The molecule has 0 radical (unpaired) electrons. The maximum absolute atomic E-state index is 13.0. The highest BCUT2D eigenvalue weighted by Crippen LogP contribution is 2.19. The number of carbonyl (C=O) groups is 1. The number of nitrogens with zero attached hydrogens (tertiary/aromatic N) is 2. The van der Waals surface area contributed by atoms with Crippen LogP contribution in [0.25, 0.3) is 10.9 Å². The Kier molecular flexibility index (Phi) is 4.53. The molecule has 0 bridgehead atoms. The molecular formula is C21H18N4O2. The largest absolute Gasteiger partial charge is 0.343 e. The molecule has 4 aromatic rings. The topological polar surface area (TPSA) is 79.8 Å². The van der Waals surface area contributed by atoms with E-state index in [0.717, 1.165) is 5.56 Å². The summed E-state index contributed by atoms with van der Waals surface area (Å²) >= 11 is 0. The highest BCUT2D eigenvalue weighted by molar-refractivity contribution is 6.06. The summed E-state index contributed by atoms with van der Waals surface area (Å²) in [5.74, 6) is -0.286. The highest BCUT2D eigenvalue weighted by atomic mass is 16.2. The van der Waals surface area contributed by atoms with Gasteiger partial charge in [-0.05, 0) is 11.6 Å². The Morgan fingerprint density at radius 3 is 2.67 bits per heavy atom. The zero-order chi connectivity index (χ0) is 18.6. The third-order valence-corrected chi connectivity index (χ3v) is 4.46. The van der Waals surface area contributed by atoms with Crippen molar-refractivity contribution < 1.29 is 4.79 Å². The lowest BCUT2D eigenvalue weighted by molar-refractivity contribution is 0.0934. The number of nitrogens with one attached hydrogen (secondary N) is 2. The third kappa shape index (κ3) is 3.64. The predicted octanol–water partition coefficient (Wildman–Crippen LogP) is 2.90. The molecule has 0 saturated carbocycles. The summed E-state index contributed by atoms with van der Waals surface area (Å²) < 4.78 is 1.91.